The summed E-state index contributed by atoms with van der Waals surface area (Å²) < 4.78 is 6.82. The minimum Gasteiger partial charge on any atom is -0.497 e. The monoisotopic (exact) mass is 343 g/mol. The second kappa shape index (κ2) is 6.04. The van der Waals surface area contributed by atoms with Gasteiger partial charge in [-0.3, -0.25) is 24.2 Å². The zero-order valence-electron chi connectivity index (χ0n) is 14.1. The lowest BCUT2D eigenvalue weighted by Crippen LogP contribution is -2.59. The van der Waals surface area contributed by atoms with Gasteiger partial charge in [0.2, 0.25) is 0 Å². The highest BCUT2D eigenvalue weighted by atomic mass is 16.5. The van der Waals surface area contributed by atoms with Crippen molar-refractivity contribution in [1.29, 1.82) is 0 Å². The first-order chi connectivity index (χ1) is 11.8. The lowest BCUT2D eigenvalue weighted by atomic mass is 9.98. The van der Waals surface area contributed by atoms with Crippen molar-refractivity contribution in [2.45, 2.75) is 6.54 Å². The summed E-state index contributed by atoms with van der Waals surface area (Å²) in [6.45, 7) is -0.145. The molecule has 0 saturated carbocycles. The van der Waals surface area contributed by atoms with Crippen molar-refractivity contribution in [3.05, 3.63) is 30.5 Å². The Bertz CT molecular complexity index is 877. The van der Waals surface area contributed by atoms with E-state index in [-0.39, 0.29) is 6.54 Å². The molecule has 0 bridgehead atoms. The third-order valence-corrected chi connectivity index (χ3v) is 4.36. The molecule has 1 aliphatic rings. The van der Waals surface area contributed by atoms with Gasteiger partial charge in [0, 0.05) is 31.2 Å². The van der Waals surface area contributed by atoms with Gasteiger partial charge in [-0.05, 0) is 24.3 Å². The largest absolute Gasteiger partial charge is 0.497 e. The van der Waals surface area contributed by atoms with E-state index in [4.69, 9.17) is 4.74 Å². The second-order valence-corrected chi connectivity index (χ2v) is 5.84. The van der Waals surface area contributed by atoms with Gasteiger partial charge in [0.25, 0.3) is 11.8 Å². The normalized spacial score (nSPS) is 16.0. The Balaban J connectivity index is 1.88. The fourth-order valence-electron chi connectivity index (χ4n) is 2.88. The number of hydrogen-bond donors (Lipinski definition) is 0. The van der Waals surface area contributed by atoms with Crippen LogP contribution in [-0.4, -0.2) is 59.2 Å². The predicted octanol–water partition coefficient (Wildman–Crippen LogP) is 0.886. The van der Waals surface area contributed by atoms with Crippen molar-refractivity contribution in [2.75, 3.05) is 21.2 Å². The van der Waals surface area contributed by atoms with Crippen LogP contribution in [0.2, 0.25) is 0 Å². The number of carbonyl (C=O) groups is 4. The van der Waals surface area contributed by atoms with Crippen LogP contribution in [0.25, 0.3) is 10.9 Å². The molecule has 0 aliphatic carbocycles. The molecule has 1 aliphatic heterocycles. The summed E-state index contributed by atoms with van der Waals surface area (Å²) in [5.74, 6) is -2.96. The number of rotatable bonds is 4. The number of urea groups is 1. The van der Waals surface area contributed by atoms with Gasteiger partial charge in [0.1, 0.15) is 5.75 Å². The summed E-state index contributed by atoms with van der Waals surface area (Å²) in [4.78, 5) is 50.4. The van der Waals surface area contributed by atoms with Gasteiger partial charge in [-0.15, -0.1) is 0 Å². The van der Waals surface area contributed by atoms with Crippen LogP contribution in [0, 0.1) is 5.92 Å². The van der Waals surface area contributed by atoms with Crippen molar-refractivity contribution in [1.82, 2.24) is 14.4 Å². The van der Waals surface area contributed by atoms with E-state index in [0.29, 0.717) is 5.75 Å². The molecule has 3 rings (SSSR count). The molecule has 0 N–H and O–H groups in total. The Hall–Kier alpha value is -3.16. The maximum absolute atomic E-state index is 12.6. The molecule has 1 fully saturated rings. The Labute approximate surface area is 143 Å². The highest BCUT2D eigenvalue weighted by molar-refractivity contribution is 6.26. The van der Waals surface area contributed by atoms with Crippen LogP contribution in [0.5, 0.6) is 5.75 Å². The van der Waals surface area contributed by atoms with E-state index in [1.165, 1.54) is 14.1 Å². The van der Waals surface area contributed by atoms with E-state index in [9.17, 15) is 19.2 Å². The molecule has 0 radical (unpaired) electrons. The lowest BCUT2D eigenvalue weighted by molar-refractivity contribution is -0.152. The smallest absolute Gasteiger partial charge is 0.332 e. The van der Waals surface area contributed by atoms with Gasteiger partial charge in [0.15, 0.2) is 11.7 Å². The SMILES string of the molecule is COc1ccc2c(ccn2CC(=O)C2C(=O)N(C)C(=O)N(C)C2=O)c1. The minimum absolute atomic E-state index is 0.145. The molecule has 2 heterocycles. The standard InChI is InChI=1S/C17H17N3O5/c1-18-15(22)14(16(23)19(2)17(18)24)13(21)9-20-7-6-10-8-11(25-3)4-5-12(10)20/h4-8,14H,9H2,1-3H3. The van der Waals surface area contributed by atoms with E-state index in [2.05, 4.69) is 0 Å². The zero-order chi connectivity index (χ0) is 18.3. The molecule has 130 valence electrons. The number of barbiturate groups is 1. The van der Waals surface area contributed by atoms with Gasteiger partial charge in [-0.2, -0.15) is 0 Å². The van der Waals surface area contributed by atoms with Crippen LogP contribution in [0.4, 0.5) is 4.79 Å². The van der Waals surface area contributed by atoms with Crippen molar-refractivity contribution in [3.8, 4) is 5.75 Å². The number of Topliss-reactive ketones (excluding diaryl/α,β-unsaturated/α-hetero) is 1. The molecule has 1 aromatic carbocycles. The highest BCUT2D eigenvalue weighted by Gasteiger charge is 2.46. The van der Waals surface area contributed by atoms with Crippen molar-refractivity contribution in [3.63, 3.8) is 0 Å². The lowest BCUT2D eigenvalue weighted by Gasteiger charge is -2.32. The third kappa shape index (κ3) is 2.65. The number of ketones is 1. The number of nitrogens with zero attached hydrogens (tertiary/aromatic N) is 3. The quantitative estimate of drug-likeness (QED) is 0.769. The van der Waals surface area contributed by atoms with E-state index in [1.807, 2.05) is 12.1 Å². The molecule has 0 unspecified atom stereocenters. The minimum atomic E-state index is -1.50. The number of carbonyl (C=O) groups excluding carboxylic acids is 4. The first kappa shape index (κ1) is 16.7. The van der Waals surface area contributed by atoms with Crippen LogP contribution in [0.3, 0.4) is 0 Å². The van der Waals surface area contributed by atoms with E-state index in [1.54, 1.807) is 30.0 Å². The average molecular weight is 343 g/mol. The molecule has 8 heteroatoms. The van der Waals surface area contributed by atoms with Crippen LogP contribution in [0.1, 0.15) is 0 Å². The van der Waals surface area contributed by atoms with Gasteiger partial charge in [0.05, 0.1) is 13.7 Å². The van der Waals surface area contributed by atoms with Crippen LogP contribution in [0.15, 0.2) is 30.5 Å². The summed E-state index contributed by atoms with van der Waals surface area (Å²) >= 11 is 0. The first-order valence-corrected chi connectivity index (χ1v) is 7.60. The van der Waals surface area contributed by atoms with Crippen LogP contribution < -0.4 is 4.74 Å². The van der Waals surface area contributed by atoms with Gasteiger partial charge in [-0.1, -0.05) is 0 Å². The molecule has 1 saturated heterocycles. The predicted molar refractivity (Wildman–Crippen MR) is 87.9 cm³/mol. The van der Waals surface area contributed by atoms with Gasteiger partial charge in [-0.25, -0.2) is 4.79 Å². The fraction of sp³-hybridized carbons (Fsp3) is 0.294. The zero-order valence-corrected chi connectivity index (χ0v) is 14.1. The summed E-state index contributed by atoms with van der Waals surface area (Å²) in [5, 5.41) is 0.873. The molecule has 0 spiro atoms. The van der Waals surface area contributed by atoms with Crippen LogP contribution >= 0.6 is 0 Å². The number of aromatic nitrogens is 1. The van der Waals surface area contributed by atoms with Gasteiger partial charge < -0.3 is 9.30 Å². The number of imide groups is 2. The summed E-state index contributed by atoms with van der Waals surface area (Å²) in [7, 11) is 4.08. The summed E-state index contributed by atoms with van der Waals surface area (Å²) in [6, 6.07) is 6.47. The van der Waals surface area contributed by atoms with E-state index >= 15 is 0 Å². The maximum atomic E-state index is 12.6. The van der Waals surface area contributed by atoms with Crippen LogP contribution in [-0.2, 0) is 20.9 Å². The van der Waals surface area contributed by atoms with Gasteiger partial charge >= 0.3 is 6.03 Å². The van der Waals surface area contributed by atoms with Crippen molar-refractivity contribution < 1.29 is 23.9 Å². The highest BCUT2D eigenvalue weighted by Crippen LogP contribution is 2.23. The number of ether oxygens (including phenoxy) is 1. The topological polar surface area (TPSA) is 88.9 Å². The fourth-order valence-corrected chi connectivity index (χ4v) is 2.88. The third-order valence-electron chi connectivity index (χ3n) is 4.36. The Kier molecular flexibility index (Phi) is 4.03. The molecular formula is C17H17N3O5. The Morgan fingerprint density at radius 3 is 2.32 bits per heavy atom. The first-order valence-electron chi connectivity index (χ1n) is 7.60. The molecule has 0 atom stereocenters. The molecule has 1 aromatic heterocycles. The van der Waals surface area contributed by atoms with Crippen molar-refractivity contribution in [2.24, 2.45) is 5.92 Å². The average Bonchev–Trinajstić information content (AvgIpc) is 3.00. The number of hydrogen-bond acceptors (Lipinski definition) is 5. The van der Waals surface area contributed by atoms with E-state index < -0.39 is 29.5 Å². The number of methoxy groups -OCH3 is 1. The second-order valence-electron chi connectivity index (χ2n) is 5.84. The summed E-state index contributed by atoms with van der Waals surface area (Å²) in [6.07, 6.45) is 1.71. The van der Waals surface area contributed by atoms with Crippen molar-refractivity contribution >= 4 is 34.5 Å². The number of amides is 4. The number of fused-ring (bicyclic) bond motifs is 1. The summed E-state index contributed by atoms with van der Waals surface area (Å²) in [5.41, 5.74) is 0.780. The Morgan fingerprint density at radius 1 is 1.08 bits per heavy atom. The van der Waals surface area contributed by atoms with E-state index in [0.717, 1.165) is 20.7 Å². The molecule has 8 nitrogen and oxygen atoms in total. The maximum Gasteiger partial charge on any atom is 0.332 e. The molecular weight excluding hydrogens is 326 g/mol. The molecule has 2 aromatic rings. The molecule has 4 amide bonds. The Morgan fingerprint density at radius 2 is 1.72 bits per heavy atom. The number of benzene rings is 1. The molecule has 25 heavy (non-hydrogen) atoms.